The molecule has 0 atom stereocenters. The molecule has 0 saturated heterocycles. The topological polar surface area (TPSA) is 57.4 Å². The van der Waals surface area contributed by atoms with Gasteiger partial charge in [-0.05, 0) is 83.4 Å². The highest BCUT2D eigenvalue weighted by atomic mass is 15.0. The lowest BCUT2D eigenvalue weighted by molar-refractivity contribution is 1.18. The minimum absolute atomic E-state index is 0.606. The maximum absolute atomic E-state index is 10.0. The highest BCUT2D eigenvalue weighted by Crippen LogP contribution is 2.41. The first-order chi connectivity index (χ1) is 23.7. The Bertz CT molecular complexity index is 2760. The van der Waals surface area contributed by atoms with Crippen LogP contribution in [0.2, 0.25) is 0 Å². The summed E-state index contributed by atoms with van der Waals surface area (Å²) < 4.78 is 4.61. The SMILES string of the molecule is N#Cc1ccc(-c2ccccc2-n2c3ccccc3c3cc(C#N)ccc32)c(-c2cccc(-n3c4ccccc4c4ccccc43)c2)c1. The highest BCUT2D eigenvalue weighted by Gasteiger charge is 2.19. The van der Waals surface area contributed by atoms with Crippen molar-refractivity contribution in [2.45, 2.75) is 0 Å². The summed E-state index contributed by atoms with van der Waals surface area (Å²) in [6.45, 7) is 0. The van der Waals surface area contributed by atoms with E-state index in [0.29, 0.717) is 11.1 Å². The molecular formula is C44H26N4. The van der Waals surface area contributed by atoms with Crippen LogP contribution in [-0.2, 0) is 0 Å². The Morgan fingerprint density at radius 3 is 1.65 bits per heavy atom. The van der Waals surface area contributed by atoms with Crippen molar-refractivity contribution >= 4 is 43.6 Å². The molecule has 0 aliphatic rings. The van der Waals surface area contributed by atoms with Crippen LogP contribution in [0.3, 0.4) is 0 Å². The first-order valence-corrected chi connectivity index (χ1v) is 15.9. The molecule has 7 aromatic carbocycles. The van der Waals surface area contributed by atoms with Crippen molar-refractivity contribution in [2.24, 2.45) is 0 Å². The molecule has 2 heterocycles. The van der Waals surface area contributed by atoms with E-state index in [9.17, 15) is 10.5 Å². The van der Waals surface area contributed by atoms with E-state index in [-0.39, 0.29) is 0 Å². The van der Waals surface area contributed by atoms with Gasteiger partial charge in [0, 0.05) is 32.8 Å². The van der Waals surface area contributed by atoms with Crippen LogP contribution in [0.15, 0.2) is 158 Å². The molecule has 4 nitrogen and oxygen atoms in total. The zero-order chi connectivity index (χ0) is 32.2. The van der Waals surface area contributed by atoms with Crippen molar-refractivity contribution in [3.63, 3.8) is 0 Å². The van der Waals surface area contributed by atoms with Gasteiger partial charge in [0.1, 0.15) is 0 Å². The molecule has 0 N–H and O–H groups in total. The summed E-state index contributed by atoms with van der Waals surface area (Å²) in [5.74, 6) is 0. The zero-order valence-electron chi connectivity index (χ0n) is 25.8. The van der Waals surface area contributed by atoms with Gasteiger partial charge in [0.25, 0.3) is 0 Å². The van der Waals surface area contributed by atoms with E-state index < -0.39 is 0 Å². The van der Waals surface area contributed by atoms with Gasteiger partial charge in [0.2, 0.25) is 0 Å². The van der Waals surface area contributed by atoms with E-state index in [1.165, 1.54) is 10.8 Å². The molecule has 0 unspecified atom stereocenters. The van der Waals surface area contributed by atoms with E-state index in [1.807, 2.05) is 36.4 Å². The van der Waals surface area contributed by atoms with E-state index in [2.05, 4.69) is 143 Å². The first-order valence-electron chi connectivity index (χ1n) is 15.9. The second kappa shape index (κ2) is 10.9. The fraction of sp³-hybridized carbons (Fsp3) is 0. The van der Waals surface area contributed by atoms with Gasteiger partial charge in [-0.3, -0.25) is 0 Å². The standard InChI is InChI=1S/C44H26N4/c45-27-29-20-22-33(34-12-1-7-18-42(34)48-43-19-8-4-15-37(43)39-25-30(28-46)21-23-44(39)48)38(24-29)31-10-9-11-32(26-31)47-40-16-5-2-13-35(40)36-14-3-6-17-41(36)47/h1-26H. The van der Waals surface area contributed by atoms with Crippen molar-refractivity contribution in [1.82, 2.24) is 9.13 Å². The Balaban J connectivity index is 1.29. The van der Waals surface area contributed by atoms with Crippen molar-refractivity contribution in [1.29, 1.82) is 10.5 Å². The summed E-state index contributed by atoms with van der Waals surface area (Å²) in [7, 11) is 0. The van der Waals surface area contributed by atoms with Crippen molar-refractivity contribution < 1.29 is 0 Å². The average molecular weight is 611 g/mol. The second-order valence-corrected chi connectivity index (χ2v) is 12.0. The minimum Gasteiger partial charge on any atom is -0.309 e. The van der Waals surface area contributed by atoms with Crippen LogP contribution >= 0.6 is 0 Å². The molecule has 0 aliphatic carbocycles. The highest BCUT2D eigenvalue weighted by molar-refractivity contribution is 6.11. The Labute approximate surface area is 277 Å². The number of nitrogens with zero attached hydrogens (tertiary/aromatic N) is 4. The van der Waals surface area contributed by atoms with Crippen molar-refractivity contribution in [3.8, 4) is 45.8 Å². The van der Waals surface area contributed by atoms with Gasteiger partial charge in [0.15, 0.2) is 0 Å². The van der Waals surface area contributed by atoms with Crippen LogP contribution in [0.4, 0.5) is 0 Å². The maximum Gasteiger partial charge on any atom is 0.0991 e. The molecular weight excluding hydrogens is 585 g/mol. The third-order valence-corrected chi connectivity index (χ3v) is 9.38. The molecule has 2 aromatic heterocycles. The van der Waals surface area contributed by atoms with Gasteiger partial charge in [-0.2, -0.15) is 10.5 Å². The lowest BCUT2D eigenvalue weighted by Gasteiger charge is -2.18. The van der Waals surface area contributed by atoms with Crippen molar-refractivity contribution in [2.75, 3.05) is 0 Å². The zero-order valence-corrected chi connectivity index (χ0v) is 25.8. The summed E-state index contributed by atoms with van der Waals surface area (Å²) in [4.78, 5) is 0. The molecule has 0 bridgehead atoms. The number of para-hydroxylation sites is 4. The van der Waals surface area contributed by atoms with Gasteiger partial charge in [-0.15, -0.1) is 0 Å². The summed E-state index contributed by atoms with van der Waals surface area (Å²) in [6.07, 6.45) is 0. The van der Waals surface area contributed by atoms with Crippen molar-refractivity contribution in [3.05, 3.63) is 169 Å². The summed E-state index contributed by atoms with van der Waals surface area (Å²) >= 11 is 0. The quantitative estimate of drug-likeness (QED) is 0.199. The first kappa shape index (κ1) is 27.4. The lowest BCUT2D eigenvalue weighted by atomic mass is 9.91. The molecule has 0 spiro atoms. The Kier molecular flexibility index (Phi) is 6.22. The van der Waals surface area contributed by atoms with E-state index in [0.717, 1.165) is 66.5 Å². The third-order valence-electron chi connectivity index (χ3n) is 9.38. The normalized spacial score (nSPS) is 11.3. The molecule has 0 radical (unpaired) electrons. The molecule has 0 saturated carbocycles. The fourth-order valence-corrected chi connectivity index (χ4v) is 7.30. The summed E-state index contributed by atoms with van der Waals surface area (Å²) in [5.41, 5.74) is 11.8. The Morgan fingerprint density at radius 2 is 0.938 bits per heavy atom. The number of benzene rings is 7. The smallest absolute Gasteiger partial charge is 0.0991 e. The molecule has 9 aromatic rings. The van der Waals surface area contributed by atoms with Gasteiger partial charge >= 0.3 is 0 Å². The number of rotatable bonds is 4. The lowest BCUT2D eigenvalue weighted by Crippen LogP contribution is -1.99. The third kappa shape index (κ3) is 4.14. The predicted octanol–water partition coefficient (Wildman–Crippen LogP) is 11.0. The van der Waals surface area contributed by atoms with Gasteiger partial charge in [-0.25, -0.2) is 0 Å². The number of hydrogen-bond donors (Lipinski definition) is 0. The van der Waals surface area contributed by atoms with Crippen LogP contribution in [-0.4, -0.2) is 9.13 Å². The van der Waals surface area contributed by atoms with Crippen LogP contribution < -0.4 is 0 Å². The molecule has 222 valence electrons. The van der Waals surface area contributed by atoms with Gasteiger partial charge < -0.3 is 9.13 Å². The number of fused-ring (bicyclic) bond motifs is 6. The van der Waals surface area contributed by atoms with Crippen LogP contribution in [0.25, 0.3) is 77.2 Å². The van der Waals surface area contributed by atoms with Gasteiger partial charge in [-0.1, -0.05) is 91.0 Å². The summed E-state index contributed by atoms with van der Waals surface area (Å²) in [5, 5.41) is 24.3. The van der Waals surface area contributed by atoms with Gasteiger partial charge in [0.05, 0.1) is 51.0 Å². The fourth-order valence-electron chi connectivity index (χ4n) is 7.30. The number of aromatic nitrogens is 2. The molecule has 4 heteroatoms. The minimum atomic E-state index is 0.606. The molecule has 0 aliphatic heterocycles. The van der Waals surface area contributed by atoms with E-state index >= 15 is 0 Å². The Morgan fingerprint density at radius 1 is 0.375 bits per heavy atom. The van der Waals surface area contributed by atoms with Crippen LogP contribution in [0, 0.1) is 22.7 Å². The molecule has 9 rings (SSSR count). The summed E-state index contributed by atoms with van der Waals surface area (Å²) in [6, 6.07) is 59.0. The van der Waals surface area contributed by atoms with E-state index in [4.69, 9.17) is 0 Å². The van der Waals surface area contributed by atoms with E-state index in [1.54, 1.807) is 0 Å². The maximum atomic E-state index is 10.0. The molecule has 0 amide bonds. The molecule has 0 fully saturated rings. The monoisotopic (exact) mass is 610 g/mol. The van der Waals surface area contributed by atoms with Crippen LogP contribution in [0.5, 0.6) is 0 Å². The number of nitriles is 2. The predicted molar refractivity (Wildman–Crippen MR) is 195 cm³/mol. The molecule has 48 heavy (non-hydrogen) atoms. The Hall–Kier alpha value is -6.88. The average Bonchev–Trinajstić information content (AvgIpc) is 3.67. The number of hydrogen-bond acceptors (Lipinski definition) is 2. The van der Waals surface area contributed by atoms with Crippen LogP contribution in [0.1, 0.15) is 11.1 Å². The second-order valence-electron chi connectivity index (χ2n) is 12.0. The largest absolute Gasteiger partial charge is 0.309 e.